The van der Waals surface area contributed by atoms with Crippen LogP contribution in [0.4, 0.5) is 0 Å². The van der Waals surface area contributed by atoms with Crippen molar-refractivity contribution in [3.8, 4) is 0 Å². The summed E-state index contributed by atoms with van der Waals surface area (Å²) in [6.07, 6.45) is 2.58. The highest BCUT2D eigenvalue weighted by Crippen LogP contribution is 2.22. The Labute approximate surface area is 114 Å². The molecule has 1 aliphatic rings. The van der Waals surface area contributed by atoms with E-state index >= 15 is 0 Å². The summed E-state index contributed by atoms with van der Waals surface area (Å²) < 4.78 is 5.45. The fraction of sp³-hybridized carbons (Fsp3) is 0.412. The van der Waals surface area contributed by atoms with Crippen molar-refractivity contribution in [2.75, 3.05) is 13.2 Å². The van der Waals surface area contributed by atoms with Crippen molar-refractivity contribution in [3.63, 3.8) is 0 Å². The summed E-state index contributed by atoms with van der Waals surface area (Å²) in [6.45, 7) is 1.55. The summed E-state index contributed by atoms with van der Waals surface area (Å²) in [5, 5.41) is 12.8. The van der Waals surface area contributed by atoms with Gasteiger partial charge in [-0.05, 0) is 35.6 Å². The number of aliphatic hydroxyl groups excluding tert-OH is 1. The summed E-state index contributed by atoms with van der Waals surface area (Å²) in [5.41, 5.74) is 1.21. The maximum absolute atomic E-state index is 10.3. The van der Waals surface area contributed by atoms with Crippen LogP contribution in [0.1, 0.15) is 18.4 Å². The highest BCUT2D eigenvalue weighted by Gasteiger charge is 2.22. The van der Waals surface area contributed by atoms with E-state index in [-0.39, 0.29) is 6.10 Å². The Morgan fingerprint density at radius 2 is 2.00 bits per heavy atom. The second-order valence-corrected chi connectivity index (χ2v) is 5.43. The van der Waals surface area contributed by atoms with Crippen LogP contribution in [-0.4, -0.2) is 24.4 Å². The Morgan fingerprint density at radius 3 is 2.79 bits per heavy atom. The highest BCUT2D eigenvalue weighted by molar-refractivity contribution is 5.82. The van der Waals surface area contributed by atoms with Crippen molar-refractivity contribution in [1.29, 1.82) is 0 Å². The second kappa shape index (κ2) is 5.72. The maximum atomic E-state index is 10.3. The van der Waals surface area contributed by atoms with Crippen LogP contribution in [0.25, 0.3) is 10.8 Å². The zero-order valence-electron chi connectivity index (χ0n) is 11.1. The molecule has 2 atom stereocenters. The number of aliphatic hydroxyl groups is 1. The fourth-order valence-electron chi connectivity index (χ4n) is 2.84. The van der Waals surface area contributed by atoms with Gasteiger partial charge in [0.15, 0.2) is 0 Å². The second-order valence-electron chi connectivity index (χ2n) is 5.43. The Bertz CT molecular complexity index is 544. The molecule has 0 aromatic heterocycles. The van der Waals surface area contributed by atoms with E-state index in [1.54, 1.807) is 0 Å². The number of benzene rings is 2. The van der Waals surface area contributed by atoms with Crippen molar-refractivity contribution in [2.45, 2.75) is 25.4 Å². The molecule has 2 unspecified atom stereocenters. The molecule has 2 nitrogen and oxygen atoms in total. The third-order valence-corrected chi connectivity index (χ3v) is 4.00. The van der Waals surface area contributed by atoms with Crippen molar-refractivity contribution in [2.24, 2.45) is 5.92 Å². The molecule has 1 saturated heterocycles. The van der Waals surface area contributed by atoms with Crippen molar-refractivity contribution in [1.82, 2.24) is 0 Å². The first-order valence-electron chi connectivity index (χ1n) is 7.06. The minimum Gasteiger partial charge on any atom is -0.392 e. The van der Waals surface area contributed by atoms with Gasteiger partial charge in [-0.3, -0.25) is 0 Å². The molecule has 1 aliphatic heterocycles. The predicted molar refractivity (Wildman–Crippen MR) is 77.2 cm³/mol. The molecular weight excluding hydrogens is 236 g/mol. The molecule has 0 spiro atoms. The van der Waals surface area contributed by atoms with Gasteiger partial charge in [0.1, 0.15) is 0 Å². The molecule has 0 saturated carbocycles. The Kier molecular flexibility index (Phi) is 3.81. The van der Waals surface area contributed by atoms with Gasteiger partial charge in [0.05, 0.1) is 12.7 Å². The van der Waals surface area contributed by atoms with Crippen molar-refractivity contribution < 1.29 is 9.84 Å². The largest absolute Gasteiger partial charge is 0.392 e. The van der Waals surface area contributed by atoms with Crippen molar-refractivity contribution >= 4 is 10.8 Å². The zero-order valence-corrected chi connectivity index (χ0v) is 11.1. The van der Waals surface area contributed by atoms with Gasteiger partial charge in [-0.15, -0.1) is 0 Å². The quantitative estimate of drug-likeness (QED) is 0.914. The van der Waals surface area contributed by atoms with E-state index in [0.29, 0.717) is 12.5 Å². The van der Waals surface area contributed by atoms with E-state index in [4.69, 9.17) is 4.74 Å². The number of fused-ring (bicyclic) bond motifs is 1. The van der Waals surface area contributed by atoms with Crippen LogP contribution in [0.3, 0.4) is 0 Å². The van der Waals surface area contributed by atoms with Gasteiger partial charge in [0.25, 0.3) is 0 Å². The number of hydrogen-bond donors (Lipinski definition) is 1. The van der Waals surface area contributed by atoms with Gasteiger partial charge < -0.3 is 9.84 Å². The van der Waals surface area contributed by atoms with Gasteiger partial charge in [0.2, 0.25) is 0 Å². The molecule has 0 bridgehead atoms. The standard InChI is InChI=1S/C17H20O2/c18-17(16-6-3-9-19-12-16)11-13-7-8-14-4-1-2-5-15(14)10-13/h1-2,4-5,7-8,10,16-18H,3,6,9,11-12H2. The monoisotopic (exact) mass is 256 g/mol. The van der Waals surface area contributed by atoms with E-state index in [1.165, 1.54) is 16.3 Å². The van der Waals surface area contributed by atoms with Crippen LogP contribution in [0.2, 0.25) is 0 Å². The average molecular weight is 256 g/mol. The SMILES string of the molecule is OC(Cc1ccc2ccccc2c1)C1CCCOC1. The zero-order chi connectivity index (χ0) is 13.1. The molecule has 1 heterocycles. The van der Waals surface area contributed by atoms with Gasteiger partial charge in [-0.25, -0.2) is 0 Å². The smallest absolute Gasteiger partial charge is 0.0630 e. The third-order valence-electron chi connectivity index (χ3n) is 4.00. The molecule has 0 radical (unpaired) electrons. The van der Waals surface area contributed by atoms with Crippen molar-refractivity contribution in [3.05, 3.63) is 48.0 Å². The molecule has 2 heteroatoms. The topological polar surface area (TPSA) is 29.5 Å². The van der Waals surface area contributed by atoms with Crippen LogP contribution in [0.5, 0.6) is 0 Å². The third kappa shape index (κ3) is 2.96. The lowest BCUT2D eigenvalue weighted by Crippen LogP contribution is -2.30. The lowest BCUT2D eigenvalue weighted by molar-refractivity contribution is -0.00846. The molecule has 0 aliphatic carbocycles. The van der Waals surface area contributed by atoms with E-state index in [2.05, 4.69) is 42.5 Å². The Hall–Kier alpha value is -1.38. The fourth-order valence-corrected chi connectivity index (χ4v) is 2.84. The van der Waals surface area contributed by atoms with E-state index < -0.39 is 0 Å². The summed E-state index contributed by atoms with van der Waals surface area (Å²) in [4.78, 5) is 0. The molecule has 100 valence electrons. The maximum Gasteiger partial charge on any atom is 0.0630 e. The Balaban J connectivity index is 1.73. The van der Waals surface area contributed by atoms with Crippen LogP contribution in [-0.2, 0) is 11.2 Å². The molecule has 1 N–H and O–H groups in total. The summed E-state index contributed by atoms with van der Waals surface area (Å²) in [5.74, 6) is 0.292. The first kappa shape index (κ1) is 12.6. The van der Waals surface area contributed by atoms with E-state index in [1.807, 2.05) is 0 Å². The van der Waals surface area contributed by atoms with Gasteiger partial charge in [-0.2, -0.15) is 0 Å². The molecular formula is C17H20O2. The first-order chi connectivity index (χ1) is 9.33. The van der Waals surface area contributed by atoms with E-state index in [9.17, 15) is 5.11 Å². The lowest BCUT2D eigenvalue weighted by Gasteiger charge is -2.26. The van der Waals surface area contributed by atoms with Gasteiger partial charge in [0, 0.05) is 12.5 Å². The van der Waals surface area contributed by atoms with Crippen LogP contribution >= 0.6 is 0 Å². The minimum atomic E-state index is -0.290. The Morgan fingerprint density at radius 1 is 1.16 bits per heavy atom. The molecule has 2 aromatic carbocycles. The van der Waals surface area contributed by atoms with Crippen LogP contribution in [0.15, 0.2) is 42.5 Å². The number of rotatable bonds is 3. The highest BCUT2D eigenvalue weighted by atomic mass is 16.5. The molecule has 1 fully saturated rings. The summed E-state index contributed by atoms with van der Waals surface area (Å²) >= 11 is 0. The normalized spacial score (nSPS) is 21.4. The van der Waals surface area contributed by atoms with Gasteiger partial charge >= 0.3 is 0 Å². The van der Waals surface area contributed by atoms with Crippen LogP contribution < -0.4 is 0 Å². The van der Waals surface area contributed by atoms with E-state index in [0.717, 1.165) is 25.9 Å². The molecule has 19 heavy (non-hydrogen) atoms. The molecule has 2 aromatic rings. The average Bonchev–Trinajstić information content (AvgIpc) is 2.48. The lowest BCUT2D eigenvalue weighted by atomic mass is 9.91. The molecule has 3 rings (SSSR count). The first-order valence-corrected chi connectivity index (χ1v) is 7.06. The summed E-state index contributed by atoms with van der Waals surface area (Å²) in [7, 11) is 0. The van der Waals surface area contributed by atoms with Gasteiger partial charge in [-0.1, -0.05) is 42.5 Å². The summed E-state index contributed by atoms with van der Waals surface area (Å²) in [6, 6.07) is 14.8. The number of ether oxygens (including phenoxy) is 1. The minimum absolute atomic E-state index is 0.290. The number of hydrogen-bond acceptors (Lipinski definition) is 2. The molecule has 0 amide bonds. The van der Waals surface area contributed by atoms with Crippen LogP contribution in [0, 0.1) is 5.92 Å². The predicted octanol–water partition coefficient (Wildman–Crippen LogP) is 3.17.